The number of anilines is 1. The highest BCUT2D eigenvalue weighted by Crippen LogP contribution is 2.17. The molecule has 5 nitrogen and oxygen atoms in total. The van der Waals surface area contributed by atoms with Gasteiger partial charge in [-0.3, -0.25) is 4.79 Å². The second kappa shape index (κ2) is 6.21. The van der Waals surface area contributed by atoms with Crippen LogP contribution >= 0.6 is 0 Å². The van der Waals surface area contributed by atoms with E-state index in [-0.39, 0.29) is 11.7 Å². The molecule has 0 unspecified atom stereocenters. The monoisotopic (exact) mass is 297 g/mol. The van der Waals surface area contributed by atoms with E-state index >= 15 is 0 Å². The Morgan fingerprint density at radius 2 is 1.86 bits per heavy atom. The number of hydrogen-bond donors (Lipinski definition) is 1. The van der Waals surface area contributed by atoms with Crippen molar-refractivity contribution in [1.82, 2.24) is 9.97 Å². The second-order valence-electron chi connectivity index (χ2n) is 3.86. The molecule has 1 amide bonds. The van der Waals surface area contributed by atoms with Gasteiger partial charge in [0, 0.05) is 0 Å². The summed E-state index contributed by atoms with van der Waals surface area (Å²) in [5.41, 5.74) is -0.463. The van der Waals surface area contributed by atoms with E-state index in [0.717, 1.165) is 6.07 Å². The largest absolute Gasteiger partial charge is 0.464 e. The minimum absolute atomic E-state index is 0.120. The van der Waals surface area contributed by atoms with Crippen LogP contribution in [-0.4, -0.2) is 22.5 Å². The minimum atomic E-state index is -1.70. The van der Waals surface area contributed by atoms with Crippen molar-refractivity contribution in [1.29, 1.82) is 0 Å². The molecule has 0 atom stereocenters. The Morgan fingerprint density at radius 1 is 1.19 bits per heavy atom. The maximum absolute atomic E-state index is 13.5. The third kappa shape index (κ3) is 3.28. The van der Waals surface area contributed by atoms with Gasteiger partial charge >= 0.3 is 6.01 Å². The fraction of sp³-hybridized carbons (Fsp3) is 0.154. The number of ether oxygens (including phenoxy) is 1. The minimum Gasteiger partial charge on any atom is -0.464 e. The number of halogens is 3. The Balaban J connectivity index is 2.16. The smallest absolute Gasteiger partial charge is 0.316 e. The summed E-state index contributed by atoms with van der Waals surface area (Å²) in [6.45, 7) is 2.14. The van der Waals surface area contributed by atoms with Crippen molar-refractivity contribution in [3.8, 4) is 6.01 Å². The molecular weight excluding hydrogens is 287 g/mol. The number of nitrogens with zero attached hydrogens (tertiary/aromatic N) is 2. The average molecular weight is 297 g/mol. The van der Waals surface area contributed by atoms with Crippen molar-refractivity contribution < 1.29 is 22.7 Å². The fourth-order valence-corrected chi connectivity index (χ4v) is 1.48. The van der Waals surface area contributed by atoms with Crippen LogP contribution in [0.2, 0.25) is 0 Å². The molecule has 0 radical (unpaired) electrons. The van der Waals surface area contributed by atoms with Crippen molar-refractivity contribution >= 4 is 11.6 Å². The molecule has 8 heteroatoms. The zero-order chi connectivity index (χ0) is 15.4. The molecule has 0 spiro atoms. The van der Waals surface area contributed by atoms with E-state index in [4.69, 9.17) is 4.74 Å². The summed E-state index contributed by atoms with van der Waals surface area (Å²) in [6, 6.07) is 1.63. The van der Waals surface area contributed by atoms with Crippen LogP contribution in [0, 0.1) is 17.5 Å². The first kappa shape index (κ1) is 14.8. The topological polar surface area (TPSA) is 64.1 Å². The third-order valence-electron chi connectivity index (χ3n) is 2.44. The first-order valence-corrected chi connectivity index (χ1v) is 5.92. The van der Waals surface area contributed by atoms with Gasteiger partial charge in [-0.15, -0.1) is 0 Å². The van der Waals surface area contributed by atoms with E-state index in [1.807, 2.05) is 0 Å². The summed E-state index contributed by atoms with van der Waals surface area (Å²) >= 11 is 0. The van der Waals surface area contributed by atoms with Crippen LogP contribution < -0.4 is 10.1 Å². The third-order valence-corrected chi connectivity index (χ3v) is 2.44. The van der Waals surface area contributed by atoms with Gasteiger partial charge in [0.1, 0.15) is 0 Å². The lowest BCUT2D eigenvalue weighted by atomic mass is 10.2. The highest BCUT2D eigenvalue weighted by Gasteiger charge is 2.19. The highest BCUT2D eigenvalue weighted by molar-refractivity contribution is 6.04. The van der Waals surface area contributed by atoms with Gasteiger partial charge in [-0.05, 0) is 19.1 Å². The van der Waals surface area contributed by atoms with Gasteiger partial charge in [0.25, 0.3) is 5.91 Å². The summed E-state index contributed by atoms with van der Waals surface area (Å²) in [6.07, 6.45) is 2.49. The van der Waals surface area contributed by atoms with Crippen molar-refractivity contribution in [2.45, 2.75) is 6.92 Å². The number of carbonyl (C=O) groups excluding carboxylic acids is 1. The van der Waals surface area contributed by atoms with Crippen LogP contribution in [0.5, 0.6) is 6.01 Å². The summed E-state index contributed by atoms with van der Waals surface area (Å²) in [4.78, 5) is 19.4. The number of hydrogen-bond acceptors (Lipinski definition) is 4. The number of benzene rings is 1. The van der Waals surface area contributed by atoms with E-state index < -0.39 is 28.9 Å². The summed E-state index contributed by atoms with van der Waals surface area (Å²) < 4.78 is 44.3. The van der Waals surface area contributed by atoms with Crippen LogP contribution in [0.4, 0.5) is 18.9 Å². The summed E-state index contributed by atoms with van der Waals surface area (Å²) in [5, 5.41) is 2.27. The molecule has 1 aromatic carbocycles. The van der Waals surface area contributed by atoms with Crippen LogP contribution in [-0.2, 0) is 0 Å². The number of amides is 1. The van der Waals surface area contributed by atoms with Crippen molar-refractivity contribution in [2.75, 3.05) is 11.9 Å². The van der Waals surface area contributed by atoms with E-state index in [1.165, 1.54) is 12.4 Å². The number of rotatable bonds is 4. The molecule has 0 aliphatic rings. The van der Waals surface area contributed by atoms with Crippen LogP contribution in [0.3, 0.4) is 0 Å². The van der Waals surface area contributed by atoms with Gasteiger partial charge in [0.2, 0.25) is 0 Å². The average Bonchev–Trinajstić information content (AvgIpc) is 2.47. The van der Waals surface area contributed by atoms with E-state index in [0.29, 0.717) is 12.7 Å². The first-order valence-electron chi connectivity index (χ1n) is 5.92. The van der Waals surface area contributed by atoms with Gasteiger partial charge in [-0.1, -0.05) is 0 Å². The number of carbonyl (C=O) groups is 1. The predicted octanol–water partition coefficient (Wildman–Crippen LogP) is 2.54. The molecule has 1 aromatic heterocycles. The van der Waals surface area contributed by atoms with Gasteiger partial charge in [-0.2, -0.15) is 0 Å². The molecule has 2 rings (SSSR count). The molecule has 0 aliphatic heterocycles. The molecule has 0 aliphatic carbocycles. The molecule has 0 bridgehead atoms. The Morgan fingerprint density at radius 3 is 2.48 bits per heavy atom. The summed E-state index contributed by atoms with van der Waals surface area (Å²) in [5.74, 6) is -5.57. The molecule has 21 heavy (non-hydrogen) atoms. The maximum atomic E-state index is 13.5. The van der Waals surface area contributed by atoms with Gasteiger partial charge in [0.05, 0.1) is 30.3 Å². The molecule has 0 fully saturated rings. The van der Waals surface area contributed by atoms with Crippen LogP contribution in [0.15, 0.2) is 24.5 Å². The summed E-state index contributed by atoms with van der Waals surface area (Å²) in [7, 11) is 0. The lowest BCUT2D eigenvalue weighted by Gasteiger charge is -2.07. The number of aromatic nitrogens is 2. The molecule has 1 heterocycles. The normalized spacial score (nSPS) is 10.3. The lowest BCUT2D eigenvalue weighted by molar-refractivity contribution is 0.102. The zero-order valence-electron chi connectivity index (χ0n) is 10.9. The van der Waals surface area contributed by atoms with Gasteiger partial charge in [-0.25, -0.2) is 23.1 Å². The Bertz CT molecular complexity index is 662. The van der Waals surface area contributed by atoms with Crippen LogP contribution in [0.1, 0.15) is 17.3 Å². The van der Waals surface area contributed by atoms with Crippen molar-refractivity contribution in [2.24, 2.45) is 0 Å². The SMILES string of the molecule is CCOc1ncc(NC(=O)c2ccc(F)c(F)c2F)cn1. The molecule has 0 saturated heterocycles. The Hall–Kier alpha value is -2.64. The maximum Gasteiger partial charge on any atom is 0.316 e. The van der Waals surface area contributed by atoms with E-state index in [1.54, 1.807) is 6.92 Å². The van der Waals surface area contributed by atoms with Crippen molar-refractivity contribution in [3.05, 3.63) is 47.5 Å². The molecule has 110 valence electrons. The highest BCUT2D eigenvalue weighted by atomic mass is 19.2. The van der Waals surface area contributed by atoms with Crippen molar-refractivity contribution in [3.63, 3.8) is 0 Å². The van der Waals surface area contributed by atoms with Crippen LogP contribution in [0.25, 0.3) is 0 Å². The fourth-order valence-electron chi connectivity index (χ4n) is 1.48. The standard InChI is InChI=1S/C13H10F3N3O2/c1-2-21-13-17-5-7(6-18-13)19-12(20)8-3-4-9(14)11(16)10(8)15/h3-6H,2H2,1H3,(H,19,20). The number of nitrogens with one attached hydrogen (secondary N) is 1. The molecule has 1 N–H and O–H groups in total. The van der Waals surface area contributed by atoms with E-state index in [9.17, 15) is 18.0 Å². The Kier molecular flexibility index (Phi) is 4.36. The molecule has 0 saturated carbocycles. The molecular formula is C13H10F3N3O2. The zero-order valence-corrected chi connectivity index (χ0v) is 10.9. The quantitative estimate of drug-likeness (QED) is 0.881. The Labute approximate surface area is 117 Å². The predicted molar refractivity (Wildman–Crippen MR) is 67.5 cm³/mol. The lowest BCUT2D eigenvalue weighted by Crippen LogP contribution is -2.15. The van der Waals surface area contributed by atoms with E-state index in [2.05, 4.69) is 15.3 Å². The van der Waals surface area contributed by atoms with Gasteiger partial charge in [0.15, 0.2) is 17.5 Å². The molecule has 2 aromatic rings. The second-order valence-corrected chi connectivity index (χ2v) is 3.86. The first-order chi connectivity index (χ1) is 10.0. The van der Waals surface area contributed by atoms with Gasteiger partial charge < -0.3 is 10.1 Å².